The third-order valence-electron chi connectivity index (χ3n) is 2.40. The monoisotopic (exact) mass is 240 g/mol. The first-order valence-corrected chi connectivity index (χ1v) is 6.88. The van der Waals surface area contributed by atoms with Crippen molar-refractivity contribution in [3.8, 4) is 0 Å². The van der Waals surface area contributed by atoms with Crippen LogP contribution in [0.3, 0.4) is 0 Å². The molecule has 4 heteroatoms. The molecule has 1 aromatic rings. The van der Waals surface area contributed by atoms with Gasteiger partial charge in [0.15, 0.2) is 9.84 Å². The lowest BCUT2D eigenvalue weighted by Gasteiger charge is -2.11. The van der Waals surface area contributed by atoms with Crippen LogP contribution < -0.4 is 0 Å². The normalized spacial score (nSPS) is 13.4. The fourth-order valence-electron chi connectivity index (χ4n) is 1.48. The van der Waals surface area contributed by atoms with Crippen LogP contribution in [0.2, 0.25) is 0 Å². The fraction of sp³-hybridized carbons (Fsp3) is 0.417. The summed E-state index contributed by atoms with van der Waals surface area (Å²) in [5.41, 5.74) is 0.762. The zero-order chi connectivity index (χ0) is 12.2. The minimum absolute atomic E-state index is 0.00227. The van der Waals surface area contributed by atoms with Crippen LogP contribution in [0.4, 0.5) is 0 Å². The van der Waals surface area contributed by atoms with Gasteiger partial charge in [0.25, 0.3) is 0 Å². The van der Waals surface area contributed by atoms with Gasteiger partial charge in [-0.25, -0.2) is 8.42 Å². The number of carbonyl (C=O) groups is 1. The highest BCUT2D eigenvalue weighted by Gasteiger charge is 2.22. The summed E-state index contributed by atoms with van der Waals surface area (Å²) < 4.78 is 23.8. The van der Waals surface area contributed by atoms with E-state index in [-0.39, 0.29) is 18.0 Å². The van der Waals surface area contributed by atoms with E-state index in [0.29, 0.717) is 0 Å². The lowest BCUT2D eigenvalue weighted by atomic mass is 10.2. The lowest BCUT2D eigenvalue weighted by molar-refractivity contribution is -0.116. The summed E-state index contributed by atoms with van der Waals surface area (Å²) in [6.45, 7) is 2.99. The first kappa shape index (κ1) is 12.9. The Kier molecular flexibility index (Phi) is 4.24. The number of benzene rings is 1. The molecule has 0 aliphatic rings. The Hall–Kier alpha value is -1.16. The molecular formula is C12H16O3S. The molecule has 0 saturated heterocycles. The molecule has 0 aliphatic carbocycles. The Morgan fingerprint density at radius 3 is 2.31 bits per heavy atom. The van der Waals surface area contributed by atoms with E-state index < -0.39 is 15.1 Å². The highest BCUT2D eigenvalue weighted by molar-refractivity contribution is 7.91. The van der Waals surface area contributed by atoms with Crippen molar-refractivity contribution in [1.29, 1.82) is 0 Å². The summed E-state index contributed by atoms with van der Waals surface area (Å²) in [7, 11) is -3.23. The molecular weight excluding hydrogens is 224 g/mol. The molecule has 0 aromatic heterocycles. The average molecular weight is 240 g/mol. The zero-order valence-electron chi connectivity index (χ0n) is 9.51. The molecule has 0 aliphatic heterocycles. The molecule has 1 atom stereocenters. The topological polar surface area (TPSA) is 51.2 Å². The van der Waals surface area contributed by atoms with E-state index in [2.05, 4.69) is 0 Å². The molecule has 0 spiro atoms. The third kappa shape index (κ3) is 3.77. The Labute approximate surface area is 96.4 Å². The van der Waals surface area contributed by atoms with Crippen molar-refractivity contribution in [3.63, 3.8) is 0 Å². The molecule has 0 heterocycles. The number of sulfone groups is 1. The maximum Gasteiger partial charge on any atom is 0.157 e. The van der Waals surface area contributed by atoms with Crippen LogP contribution in [0.1, 0.15) is 25.8 Å². The zero-order valence-corrected chi connectivity index (χ0v) is 10.3. The molecule has 1 unspecified atom stereocenters. The van der Waals surface area contributed by atoms with Crippen molar-refractivity contribution < 1.29 is 13.2 Å². The van der Waals surface area contributed by atoms with Gasteiger partial charge >= 0.3 is 0 Å². The molecule has 0 amide bonds. The molecule has 0 bridgehead atoms. The second-order valence-electron chi connectivity index (χ2n) is 4.01. The highest BCUT2D eigenvalue weighted by Crippen LogP contribution is 2.13. The van der Waals surface area contributed by atoms with Crippen LogP contribution in [0, 0.1) is 0 Å². The molecule has 0 fully saturated rings. The predicted molar refractivity (Wildman–Crippen MR) is 63.8 cm³/mol. The van der Waals surface area contributed by atoms with Crippen LogP contribution in [0.15, 0.2) is 30.3 Å². The number of carbonyl (C=O) groups excluding carboxylic acids is 1. The van der Waals surface area contributed by atoms with Crippen LogP contribution in [-0.4, -0.2) is 19.5 Å². The quantitative estimate of drug-likeness (QED) is 0.790. The Morgan fingerprint density at radius 2 is 1.81 bits per heavy atom. The Balaban J connectivity index is 2.76. The smallest absolute Gasteiger partial charge is 0.157 e. The number of Topliss-reactive ketones (excluding diaryl/α,β-unsaturated/α-hetero) is 1. The van der Waals surface area contributed by atoms with Crippen molar-refractivity contribution >= 4 is 15.6 Å². The van der Waals surface area contributed by atoms with E-state index in [4.69, 9.17) is 0 Å². The van der Waals surface area contributed by atoms with Crippen molar-refractivity contribution in [3.05, 3.63) is 35.9 Å². The second-order valence-corrected chi connectivity index (χ2v) is 6.43. The van der Waals surface area contributed by atoms with Gasteiger partial charge < -0.3 is 0 Å². The largest absolute Gasteiger partial charge is 0.300 e. The molecule has 0 saturated carbocycles. The fourth-order valence-corrected chi connectivity index (χ4v) is 2.91. The van der Waals surface area contributed by atoms with Gasteiger partial charge in [-0.2, -0.15) is 0 Å². The van der Waals surface area contributed by atoms with Gasteiger partial charge in [0.05, 0.1) is 11.0 Å². The molecule has 0 N–H and O–H groups in total. The summed E-state index contributed by atoms with van der Waals surface area (Å²) in [5.74, 6) is -0.0911. The van der Waals surface area contributed by atoms with Crippen molar-refractivity contribution in [1.82, 2.24) is 0 Å². The molecule has 1 aromatic carbocycles. The first-order chi connectivity index (χ1) is 7.42. The third-order valence-corrected chi connectivity index (χ3v) is 4.53. The van der Waals surface area contributed by atoms with Gasteiger partial charge in [0.2, 0.25) is 0 Å². The van der Waals surface area contributed by atoms with Gasteiger partial charge in [0, 0.05) is 6.42 Å². The summed E-state index contributed by atoms with van der Waals surface area (Å²) in [4.78, 5) is 10.9. The number of hydrogen-bond donors (Lipinski definition) is 0. The van der Waals surface area contributed by atoms with Crippen LogP contribution >= 0.6 is 0 Å². The minimum Gasteiger partial charge on any atom is -0.300 e. The van der Waals surface area contributed by atoms with E-state index in [9.17, 15) is 13.2 Å². The molecule has 16 heavy (non-hydrogen) atoms. The van der Waals surface area contributed by atoms with E-state index in [1.54, 1.807) is 31.2 Å². The standard InChI is InChI=1S/C12H16O3S/c1-10(13)8-11(2)16(14,15)9-12-6-4-3-5-7-12/h3-7,11H,8-9H2,1-2H3. The van der Waals surface area contributed by atoms with Crippen LogP contribution in [0.5, 0.6) is 0 Å². The number of hydrogen-bond acceptors (Lipinski definition) is 3. The number of rotatable bonds is 5. The maximum atomic E-state index is 11.9. The van der Waals surface area contributed by atoms with Gasteiger partial charge in [-0.15, -0.1) is 0 Å². The van der Waals surface area contributed by atoms with Crippen molar-refractivity contribution in [2.75, 3.05) is 0 Å². The molecule has 1 rings (SSSR count). The summed E-state index contributed by atoms with van der Waals surface area (Å²) in [6, 6.07) is 9.01. The minimum atomic E-state index is -3.23. The highest BCUT2D eigenvalue weighted by atomic mass is 32.2. The van der Waals surface area contributed by atoms with Gasteiger partial charge in [-0.1, -0.05) is 30.3 Å². The Bertz CT molecular complexity index is 448. The Morgan fingerprint density at radius 1 is 1.25 bits per heavy atom. The summed E-state index contributed by atoms with van der Waals surface area (Å²) in [5, 5.41) is -0.606. The lowest BCUT2D eigenvalue weighted by Crippen LogP contribution is -2.22. The van der Waals surface area contributed by atoms with Crippen molar-refractivity contribution in [2.45, 2.75) is 31.3 Å². The van der Waals surface area contributed by atoms with Crippen LogP contribution in [0.25, 0.3) is 0 Å². The maximum absolute atomic E-state index is 11.9. The molecule has 88 valence electrons. The molecule has 0 radical (unpaired) electrons. The van der Waals surface area contributed by atoms with Gasteiger partial charge in [-0.05, 0) is 19.4 Å². The SMILES string of the molecule is CC(=O)CC(C)S(=O)(=O)Cc1ccccc1. The van der Waals surface area contributed by atoms with Crippen LogP contribution in [-0.2, 0) is 20.4 Å². The predicted octanol–water partition coefficient (Wildman–Crippen LogP) is 1.97. The van der Waals surface area contributed by atoms with E-state index in [0.717, 1.165) is 5.56 Å². The first-order valence-electron chi connectivity index (χ1n) is 5.17. The number of ketones is 1. The van der Waals surface area contributed by atoms with E-state index in [1.807, 2.05) is 6.07 Å². The van der Waals surface area contributed by atoms with E-state index in [1.165, 1.54) is 6.92 Å². The van der Waals surface area contributed by atoms with Gasteiger partial charge in [0.1, 0.15) is 5.78 Å². The molecule has 3 nitrogen and oxygen atoms in total. The summed E-state index contributed by atoms with van der Waals surface area (Å²) >= 11 is 0. The average Bonchev–Trinajstić information content (AvgIpc) is 2.17. The van der Waals surface area contributed by atoms with E-state index >= 15 is 0 Å². The summed E-state index contributed by atoms with van der Waals surface area (Å²) in [6.07, 6.45) is 0.0924. The van der Waals surface area contributed by atoms with Gasteiger partial charge in [-0.3, -0.25) is 4.79 Å². The van der Waals surface area contributed by atoms with Crippen molar-refractivity contribution in [2.24, 2.45) is 0 Å². The second kappa shape index (κ2) is 5.25.